The van der Waals surface area contributed by atoms with Crippen LogP contribution in [0.2, 0.25) is 0 Å². The Balaban J connectivity index is 1.94. The van der Waals surface area contributed by atoms with Gasteiger partial charge in [-0.3, -0.25) is 9.48 Å². The number of carbonyl (C=O) groups is 2. The van der Waals surface area contributed by atoms with Crippen molar-refractivity contribution in [2.45, 2.75) is 45.8 Å². The number of rotatable bonds is 3. The molecule has 1 aromatic carbocycles. The van der Waals surface area contributed by atoms with Gasteiger partial charge in [0.25, 0.3) is 0 Å². The van der Waals surface area contributed by atoms with E-state index in [9.17, 15) is 9.59 Å². The number of Topliss-reactive ketones (excluding diaryl/α,β-unsaturated/α-hetero) is 1. The van der Waals surface area contributed by atoms with Crippen LogP contribution in [0.1, 0.15) is 48.1 Å². The zero-order valence-electron chi connectivity index (χ0n) is 13.6. The lowest BCUT2D eigenvalue weighted by atomic mass is 10.1. The van der Waals surface area contributed by atoms with Gasteiger partial charge in [0.2, 0.25) is 0 Å². The minimum atomic E-state index is -0.588. The number of benzene rings is 1. The van der Waals surface area contributed by atoms with E-state index in [0.29, 0.717) is 13.0 Å². The number of fused-ring (bicyclic) bond motifs is 1. The second kappa shape index (κ2) is 5.65. The van der Waals surface area contributed by atoms with E-state index >= 15 is 0 Å². The average molecular weight is 312 g/mol. The molecule has 5 nitrogen and oxygen atoms in total. The summed E-state index contributed by atoms with van der Waals surface area (Å²) in [4.78, 5) is 24.2. The van der Waals surface area contributed by atoms with Crippen LogP contribution in [-0.4, -0.2) is 27.1 Å². The van der Waals surface area contributed by atoms with Crippen molar-refractivity contribution in [2.75, 3.05) is 0 Å². The van der Waals surface area contributed by atoms with Gasteiger partial charge in [0.05, 0.1) is 12.2 Å². The van der Waals surface area contributed by atoms with Crippen molar-refractivity contribution in [3.05, 3.63) is 52.8 Å². The predicted molar refractivity (Wildman–Crippen MR) is 85.4 cm³/mol. The van der Waals surface area contributed by atoms with Crippen molar-refractivity contribution in [1.29, 1.82) is 0 Å². The third kappa shape index (κ3) is 3.33. The van der Waals surface area contributed by atoms with Crippen LogP contribution in [0, 0.1) is 0 Å². The average Bonchev–Trinajstić information content (AvgIpc) is 2.97. The fraction of sp³-hybridized carbons (Fsp3) is 0.389. The van der Waals surface area contributed by atoms with E-state index in [1.807, 2.05) is 51.1 Å². The van der Waals surface area contributed by atoms with Gasteiger partial charge in [-0.2, -0.15) is 5.10 Å². The monoisotopic (exact) mass is 312 g/mol. The number of hydrogen-bond donors (Lipinski definition) is 0. The van der Waals surface area contributed by atoms with Crippen molar-refractivity contribution < 1.29 is 14.3 Å². The molecule has 2 aromatic rings. The highest BCUT2D eigenvalue weighted by molar-refractivity contribution is 5.95. The molecule has 0 saturated carbocycles. The fourth-order valence-electron chi connectivity index (χ4n) is 2.74. The molecule has 0 fully saturated rings. The molecule has 1 aliphatic carbocycles. The maximum Gasteiger partial charge on any atom is 0.359 e. The summed E-state index contributed by atoms with van der Waals surface area (Å²) < 4.78 is 7.18. The summed E-state index contributed by atoms with van der Waals surface area (Å²) in [5.74, 6) is -0.348. The summed E-state index contributed by atoms with van der Waals surface area (Å²) >= 11 is 0. The van der Waals surface area contributed by atoms with Crippen LogP contribution in [0.3, 0.4) is 0 Å². The molecule has 0 bridgehead atoms. The van der Waals surface area contributed by atoms with E-state index in [2.05, 4.69) is 5.10 Å². The van der Waals surface area contributed by atoms with Crippen molar-refractivity contribution in [1.82, 2.24) is 9.78 Å². The van der Waals surface area contributed by atoms with E-state index in [1.54, 1.807) is 4.68 Å². The Morgan fingerprint density at radius 3 is 2.57 bits per heavy atom. The standard InChI is InChI=1S/C18H20N2O3/c1-18(2,3)23-17(22)16-14-9-13(21)10-15(14)20(19-16)11-12-7-5-4-6-8-12/h4-8H,9-11H2,1-3H3. The Morgan fingerprint density at radius 2 is 1.91 bits per heavy atom. The zero-order valence-corrected chi connectivity index (χ0v) is 13.6. The number of esters is 1. The Hall–Kier alpha value is -2.43. The van der Waals surface area contributed by atoms with Gasteiger partial charge in [0.15, 0.2) is 5.69 Å². The molecule has 0 aliphatic heterocycles. The maximum atomic E-state index is 12.4. The number of ketones is 1. The van der Waals surface area contributed by atoms with Crippen LogP contribution < -0.4 is 0 Å². The maximum absolute atomic E-state index is 12.4. The molecule has 120 valence electrons. The molecule has 0 amide bonds. The summed E-state index contributed by atoms with van der Waals surface area (Å²) in [5.41, 5.74) is 2.32. The summed E-state index contributed by atoms with van der Waals surface area (Å²) in [6.45, 7) is 5.99. The molecule has 5 heteroatoms. The first kappa shape index (κ1) is 15.5. The molecule has 3 rings (SSSR count). The number of nitrogens with zero attached hydrogens (tertiary/aromatic N) is 2. The molecule has 0 radical (unpaired) electrons. The highest BCUT2D eigenvalue weighted by Crippen LogP contribution is 2.26. The molecule has 0 atom stereocenters. The second-order valence-corrected chi connectivity index (χ2v) is 6.81. The van der Waals surface area contributed by atoms with Gasteiger partial charge in [-0.15, -0.1) is 0 Å². The van der Waals surface area contributed by atoms with Crippen molar-refractivity contribution in [3.63, 3.8) is 0 Å². The van der Waals surface area contributed by atoms with Crippen molar-refractivity contribution in [2.24, 2.45) is 0 Å². The molecule has 1 aliphatic rings. The molecule has 1 aromatic heterocycles. The highest BCUT2D eigenvalue weighted by atomic mass is 16.6. The SMILES string of the molecule is CC(C)(C)OC(=O)c1nn(Cc2ccccc2)c2c1CC(=O)C2. The lowest BCUT2D eigenvalue weighted by Gasteiger charge is -2.18. The number of hydrogen-bond acceptors (Lipinski definition) is 4. The summed E-state index contributed by atoms with van der Waals surface area (Å²) in [6, 6.07) is 9.86. The molecule has 0 N–H and O–H groups in total. The number of carbonyl (C=O) groups excluding carboxylic acids is 2. The van der Waals surface area contributed by atoms with E-state index in [-0.39, 0.29) is 17.9 Å². The van der Waals surface area contributed by atoms with Crippen molar-refractivity contribution in [3.8, 4) is 0 Å². The van der Waals surface area contributed by atoms with Gasteiger partial charge in [0.1, 0.15) is 11.4 Å². The van der Waals surface area contributed by atoms with Gasteiger partial charge in [-0.1, -0.05) is 30.3 Å². The molecular formula is C18H20N2O3. The topological polar surface area (TPSA) is 61.2 Å². The first-order chi connectivity index (χ1) is 10.8. The summed E-state index contributed by atoms with van der Waals surface area (Å²) in [6.07, 6.45) is 0.594. The summed E-state index contributed by atoms with van der Waals surface area (Å²) in [7, 11) is 0. The molecule has 1 heterocycles. The first-order valence-corrected chi connectivity index (χ1v) is 7.71. The third-order valence-electron chi connectivity index (χ3n) is 3.67. The van der Waals surface area contributed by atoms with E-state index in [0.717, 1.165) is 16.8 Å². The Bertz CT molecular complexity index is 755. The lowest BCUT2D eigenvalue weighted by Crippen LogP contribution is -2.25. The van der Waals surface area contributed by atoms with Crippen LogP contribution >= 0.6 is 0 Å². The second-order valence-electron chi connectivity index (χ2n) is 6.81. The van der Waals surface area contributed by atoms with Crippen LogP contribution in [-0.2, 0) is 28.9 Å². The molecule has 0 saturated heterocycles. The quantitative estimate of drug-likeness (QED) is 0.817. The van der Waals surface area contributed by atoms with Gasteiger partial charge >= 0.3 is 5.97 Å². The van der Waals surface area contributed by atoms with Crippen LogP contribution in [0.15, 0.2) is 30.3 Å². The molecule has 0 spiro atoms. The van der Waals surface area contributed by atoms with Gasteiger partial charge in [0, 0.05) is 18.4 Å². The minimum Gasteiger partial charge on any atom is -0.455 e. The van der Waals surface area contributed by atoms with E-state index in [4.69, 9.17) is 4.74 Å². The smallest absolute Gasteiger partial charge is 0.359 e. The normalized spacial score (nSPS) is 14.0. The Kier molecular flexibility index (Phi) is 3.80. The Morgan fingerprint density at radius 1 is 1.22 bits per heavy atom. The van der Waals surface area contributed by atoms with Crippen LogP contribution in [0.25, 0.3) is 0 Å². The summed E-state index contributed by atoms with van der Waals surface area (Å²) in [5, 5.41) is 4.44. The minimum absolute atomic E-state index is 0.115. The predicted octanol–water partition coefficient (Wildman–Crippen LogP) is 2.55. The Labute approximate surface area is 135 Å². The highest BCUT2D eigenvalue weighted by Gasteiger charge is 2.32. The zero-order chi connectivity index (χ0) is 16.6. The van der Waals surface area contributed by atoms with Gasteiger partial charge in [-0.05, 0) is 26.3 Å². The molecule has 23 heavy (non-hydrogen) atoms. The lowest BCUT2D eigenvalue weighted by molar-refractivity contribution is -0.117. The molecule has 0 unspecified atom stereocenters. The number of ether oxygens (including phenoxy) is 1. The fourth-order valence-corrected chi connectivity index (χ4v) is 2.74. The van der Waals surface area contributed by atoms with Gasteiger partial charge < -0.3 is 4.74 Å². The molecular weight excluding hydrogens is 292 g/mol. The van der Waals surface area contributed by atoms with Crippen molar-refractivity contribution >= 4 is 11.8 Å². The third-order valence-corrected chi connectivity index (χ3v) is 3.67. The van der Waals surface area contributed by atoms with E-state index < -0.39 is 11.6 Å². The van der Waals surface area contributed by atoms with Crippen LogP contribution in [0.5, 0.6) is 0 Å². The van der Waals surface area contributed by atoms with E-state index in [1.165, 1.54) is 0 Å². The first-order valence-electron chi connectivity index (χ1n) is 7.71. The largest absolute Gasteiger partial charge is 0.455 e. The van der Waals surface area contributed by atoms with Crippen LogP contribution in [0.4, 0.5) is 0 Å². The van der Waals surface area contributed by atoms with Gasteiger partial charge in [-0.25, -0.2) is 4.79 Å². The number of aromatic nitrogens is 2.